The second kappa shape index (κ2) is 23.8. The highest BCUT2D eigenvalue weighted by Crippen LogP contribution is 2.46. The molecule has 1 aliphatic rings. The minimum absolute atomic E-state index is 0.0948. The van der Waals surface area contributed by atoms with Crippen LogP contribution in [0.4, 0.5) is 5.82 Å². The van der Waals surface area contributed by atoms with Crippen molar-refractivity contribution in [2.45, 2.75) is 134 Å². The van der Waals surface area contributed by atoms with E-state index in [0.29, 0.717) is 17.9 Å². The molecule has 2 aromatic heterocycles. The summed E-state index contributed by atoms with van der Waals surface area (Å²) in [4.78, 5) is 14.5. The fourth-order valence-corrected chi connectivity index (χ4v) is 7.64. The van der Waals surface area contributed by atoms with Crippen molar-refractivity contribution in [3.05, 3.63) is 54.5 Å². The van der Waals surface area contributed by atoms with Crippen LogP contribution in [0, 0.1) is 17.2 Å². The van der Waals surface area contributed by atoms with E-state index >= 15 is 0 Å². The Morgan fingerprint density at radius 2 is 1.51 bits per heavy atom. The van der Waals surface area contributed by atoms with Gasteiger partial charge in [0, 0.05) is 12.5 Å². The standard InChI is InChI=1S/C40H62N5O9P/c1-2-3-4-5-6-7-8-9-10-11-12-13-14-15-16-20-25-50-26-32(27-51-33-21-18-17-19-22-33)28-52-55(48,49)53-29-35-37(46)38(47)40(30-41,54-35)36-24-23-34-39(42)43-31-44-45(34)36/h17-19,21-24,31-32,35,37-38,46-47H,2-16,20,25-29H2,1H3,(H,48,49)(H2,42,43,44)/t32?,35-,37-,38-,40+/m1/s1. The molecular formula is C40H62N5O9P. The number of para-hydroxylation sites is 1. The lowest BCUT2D eigenvalue weighted by Gasteiger charge is -2.24. The lowest BCUT2D eigenvalue weighted by molar-refractivity contribution is -0.0648. The fourth-order valence-electron chi connectivity index (χ4n) is 6.83. The fraction of sp³-hybridized carbons (Fsp3) is 0.675. The molecule has 5 N–H and O–H groups in total. The van der Waals surface area contributed by atoms with Gasteiger partial charge in [0.05, 0.1) is 32.1 Å². The van der Waals surface area contributed by atoms with Crippen LogP contribution in [0.2, 0.25) is 0 Å². The largest absolute Gasteiger partial charge is 0.493 e. The Labute approximate surface area is 325 Å². The van der Waals surface area contributed by atoms with Crippen LogP contribution in [0.1, 0.15) is 115 Å². The first-order valence-electron chi connectivity index (χ1n) is 20.1. The zero-order chi connectivity index (χ0) is 39.4. The van der Waals surface area contributed by atoms with Crippen LogP contribution in [0.25, 0.3) is 5.52 Å². The van der Waals surface area contributed by atoms with Gasteiger partial charge in [0.2, 0.25) is 5.60 Å². The molecule has 0 radical (unpaired) electrons. The molecule has 6 atom stereocenters. The van der Waals surface area contributed by atoms with Gasteiger partial charge in [-0.05, 0) is 30.7 Å². The maximum Gasteiger partial charge on any atom is 0.472 e. The Balaban J connectivity index is 1.15. The second-order valence-corrected chi connectivity index (χ2v) is 16.0. The van der Waals surface area contributed by atoms with Crippen molar-refractivity contribution in [1.29, 1.82) is 5.26 Å². The number of fused-ring (bicyclic) bond motifs is 1. The lowest BCUT2D eigenvalue weighted by atomic mass is 9.92. The number of ether oxygens (including phenoxy) is 3. The van der Waals surface area contributed by atoms with Gasteiger partial charge in [0.15, 0.2) is 5.82 Å². The van der Waals surface area contributed by atoms with Crippen molar-refractivity contribution in [3.63, 3.8) is 0 Å². The molecule has 0 spiro atoms. The number of anilines is 1. The minimum atomic E-state index is -4.68. The average molecular weight is 788 g/mol. The van der Waals surface area contributed by atoms with Gasteiger partial charge >= 0.3 is 7.82 Å². The Morgan fingerprint density at radius 1 is 0.891 bits per heavy atom. The van der Waals surface area contributed by atoms with Gasteiger partial charge in [0.1, 0.15) is 42.0 Å². The number of phosphoric acid groups is 1. The third kappa shape index (κ3) is 14.1. The van der Waals surface area contributed by atoms with Crippen molar-refractivity contribution in [2.24, 2.45) is 5.92 Å². The predicted octanol–water partition coefficient (Wildman–Crippen LogP) is 7.26. The number of aliphatic hydroxyl groups is 2. The molecule has 15 heteroatoms. The zero-order valence-electron chi connectivity index (χ0n) is 32.4. The SMILES string of the molecule is CCCCCCCCCCCCCCCCCCOCC(COc1ccccc1)COP(=O)(O)OC[C@H]1O[C@@](C#N)(c2ccc3c(N)ncnn23)[C@H](O)[C@@H]1O. The highest BCUT2D eigenvalue weighted by molar-refractivity contribution is 7.47. The number of nitrogens with zero attached hydrogens (tertiary/aromatic N) is 4. The van der Waals surface area contributed by atoms with Gasteiger partial charge in [-0.1, -0.05) is 121 Å². The summed E-state index contributed by atoms with van der Waals surface area (Å²) in [5, 5.41) is 36.0. The molecule has 2 unspecified atom stereocenters. The van der Waals surface area contributed by atoms with Gasteiger partial charge in [0.25, 0.3) is 0 Å². The molecule has 0 aliphatic carbocycles. The summed E-state index contributed by atoms with van der Waals surface area (Å²) in [6.07, 6.45) is 17.1. The topological polar surface area (TPSA) is 204 Å². The number of aromatic nitrogens is 3. The van der Waals surface area contributed by atoms with Crippen molar-refractivity contribution in [1.82, 2.24) is 14.6 Å². The molecule has 0 amide bonds. The number of phosphoric ester groups is 1. The first-order valence-corrected chi connectivity index (χ1v) is 21.6. The summed E-state index contributed by atoms with van der Waals surface area (Å²) in [6.45, 7) is 2.36. The molecule has 55 heavy (non-hydrogen) atoms. The average Bonchev–Trinajstić information content (AvgIpc) is 3.74. The number of nitrogen functional groups attached to an aromatic ring is 1. The Bertz CT molecular complexity index is 1610. The summed E-state index contributed by atoms with van der Waals surface area (Å²) in [6, 6.07) is 14.2. The summed E-state index contributed by atoms with van der Waals surface area (Å²) in [7, 11) is -4.68. The number of nitriles is 1. The molecule has 306 valence electrons. The summed E-state index contributed by atoms with van der Waals surface area (Å²) in [5.74, 6) is 0.382. The van der Waals surface area contributed by atoms with Crippen LogP contribution in [0.15, 0.2) is 48.8 Å². The smallest absolute Gasteiger partial charge is 0.472 e. The van der Waals surface area contributed by atoms with E-state index in [2.05, 4.69) is 17.0 Å². The zero-order valence-corrected chi connectivity index (χ0v) is 33.3. The van der Waals surface area contributed by atoms with Gasteiger partial charge in [-0.2, -0.15) is 10.4 Å². The maximum absolute atomic E-state index is 13.0. The first-order chi connectivity index (χ1) is 26.7. The van der Waals surface area contributed by atoms with Gasteiger partial charge in [-0.15, -0.1) is 0 Å². The maximum atomic E-state index is 13.0. The molecular weight excluding hydrogens is 725 g/mol. The molecule has 14 nitrogen and oxygen atoms in total. The van der Waals surface area contributed by atoms with E-state index in [4.69, 9.17) is 29.0 Å². The van der Waals surface area contributed by atoms with Gasteiger partial charge in [-0.25, -0.2) is 14.1 Å². The number of aliphatic hydroxyl groups excluding tert-OH is 2. The highest BCUT2D eigenvalue weighted by atomic mass is 31.2. The summed E-state index contributed by atoms with van der Waals surface area (Å²) < 4.78 is 42.5. The lowest BCUT2D eigenvalue weighted by Crippen LogP contribution is -2.41. The molecule has 0 saturated carbocycles. The van der Waals surface area contributed by atoms with E-state index in [1.807, 2.05) is 36.4 Å². The van der Waals surface area contributed by atoms with E-state index in [1.165, 1.54) is 107 Å². The van der Waals surface area contributed by atoms with Crippen LogP contribution in [-0.2, 0) is 28.7 Å². The number of benzene rings is 1. The third-order valence-electron chi connectivity index (χ3n) is 10.1. The highest BCUT2D eigenvalue weighted by Gasteiger charge is 2.58. The van der Waals surface area contributed by atoms with Crippen LogP contribution in [0.3, 0.4) is 0 Å². The Kier molecular flexibility index (Phi) is 19.3. The van der Waals surface area contributed by atoms with E-state index in [0.717, 1.165) is 12.8 Å². The number of hydrogen-bond acceptors (Lipinski definition) is 12. The predicted molar refractivity (Wildman–Crippen MR) is 209 cm³/mol. The van der Waals surface area contributed by atoms with E-state index in [-0.39, 0.29) is 31.3 Å². The molecule has 1 aromatic carbocycles. The quantitative estimate of drug-likeness (QED) is 0.0405. The second-order valence-electron chi connectivity index (χ2n) is 14.5. The van der Waals surface area contributed by atoms with Crippen LogP contribution in [-0.4, -0.2) is 81.1 Å². The van der Waals surface area contributed by atoms with Crippen LogP contribution >= 0.6 is 7.82 Å². The monoisotopic (exact) mass is 787 g/mol. The van der Waals surface area contributed by atoms with Gasteiger partial charge < -0.3 is 35.1 Å². The van der Waals surface area contributed by atoms with Crippen LogP contribution in [0.5, 0.6) is 5.75 Å². The number of rotatable bonds is 29. The molecule has 3 aromatic rings. The Morgan fingerprint density at radius 3 is 2.13 bits per heavy atom. The van der Waals surface area contributed by atoms with E-state index < -0.39 is 44.3 Å². The normalized spacial score (nSPS) is 21.4. The third-order valence-corrected chi connectivity index (χ3v) is 11.0. The van der Waals surface area contributed by atoms with Gasteiger partial charge in [-0.3, -0.25) is 9.05 Å². The number of nitrogens with two attached hydrogens (primary N) is 1. The summed E-state index contributed by atoms with van der Waals surface area (Å²) >= 11 is 0. The van der Waals surface area contributed by atoms with Crippen molar-refractivity contribution in [3.8, 4) is 11.8 Å². The Hall–Kier alpha value is -3.12. The molecule has 1 saturated heterocycles. The molecule has 1 aliphatic heterocycles. The van der Waals surface area contributed by atoms with Crippen molar-refractivity contribution in [2.75, 3.05) is 38.8 Å². The molecule has 0 bridgehead atoms. The molecule has 1 fully saturated rings. The minimum Gasteiger partial charge on any atom is -0.493 e. The molecule has 3 heterocycles. The summed E-state index contributed by atoms with van der Waals surface area (Å²) in [5.41, 5.74) is 4.29. The van der Waals surface area contributed by atoms with Crippen molar-refractivity contribution < 1.29 is 42.9 Å². The van der Waals surface area contributed by atoms with Crippen LogP contribution < -0.4 is 10.5 Å². The number of hydrogen-bond donors (Lipinski definition) is 4. The van der Waals surface area contributed by atoms with E-state index in [1.54, 1.807) is 6.07 Å². The van der Waals surface area contributed by atoms with Crippen molar-refractivity contribution >= 4 is 19.2 Å². The first kappa shape index (κ1) is 44.6. The van der Waals surface area contributed by atoms with E-state index in [9.17, 15) is 24.9 Å². The molecule has 4 rings (SSSR count). The number of unbranched alkanes of at least 4 members (excludes halogenated alkanes) is 15.